The van der Waals surface area contributed by atoms with Gasteiger partial charge in [-0.05, 0) is 54.3 Å². The summed E-state index contributed by atoms with van der Waals surface area (Å²) in [5.74, 6) is -0.0500. The van der Waals surface area contributed by atoms with Gasteiger partial charge in [-0.1, -0.05) is 19.8 Å². The number of thiophene rings is 1. The van der Waals surface area contributed by atoms with Crippen LogP contribution in [0.3, 0.4) is 0 Å². The van der Waals surface area contributed by atoms with E-state index in [9.17, 15) is 31.0 Å². The highest BCUT2D eigenvalue weighted by atomic mass is 32.2. The molecule has 0 spiro atoms. The number of ether oxygens (including phenoxy) is 1. The van der Waals surface area contributed by atoms with Gasteiger partial charge in [0.05, 0.1) is 23.8 Å². The molecule has 36 heavy (non-hydrogen) atoms. The number of unbranched alkanes of at least 4 members (excludes halogenated alkanes) is 2. The number of fused-ring (bicyclic) bond motifs is 1. The van der Waals surface area contributed by atoms with Crippen LogP contribution in [-0.4, -0.2) is 26.2 Å². The van der Waals surface area contributed by atoms with Crippen LogP contribution in [-0.2, 0) is 20.8 Å². The molecule has 194 valence electrons. The summed E-state index contributed by atoms with van der Waals surface area (Å²) in [5.41, 5.74) is -2.04. The number of halogens is 3. The molecule has 0 bridgehead atoms. The minimum atomic E-state index is -4.90. The Morgan fingerprint density at radius 1 is 1.14 bits per heavy atom. The minimum absolute atomic E-state index is 0.127. The third-order valence-corrected chi connectivity index (χ3v) is 9.11. The van der Waals surface area contributed by atoms with Crippen molar-refractivity contribution in [2.45, 2.75) is 36.6 Å². The second-order valence-electron chi connectivity index (χ2n) is 7.67. The van der Waals surface area contributed by atoms with Gasteiger partial charge in [0.25, 0.3) is 10.0 Å². The molecular formula is C22H22F3N2O6PS2. The largest absolute Gasteiger partial charge is 0.494 e. The molecule has 2 N–H and O–H groups in total. The van der Waals surface area contributed by atoms with E-state index in [0.717, 1.165) is 42.7 Å². The third kappa shape index (κ3) is 7.21. The minimum Gasteiger partial charge on any atom is -0.494 e. The molecule has 0 fully saturated rings. The number of alkyl halides is 3. The standard InChI is InChI=1S/C22H22F3N2O6PS2/c1-2-3-4-9-32-17-7-5-15-10-21(35-20(15)12-17)36(30,31)27-14-34(28,29)33-18-8-6-16(13-26)19(11-18)22(23,24)25/h5-8,10-12,27H,2-4,9,14H2,1H3,(H,28,29). The summed E-state index contributed by atoms with van der Waals surface area (Å²) >= 11 is 0.927. The van der Waals surface area contributed by atoms with Gasteiger partial charge in [-0.2, -0.15) is 23.2 Å². The van der Waals surface area contributed by atoms with E-state index >= 15 is 0 Å². The van der Waals surface area contributed by atoms with E-state index in [-0.39, 0.29) is 4.21 Å². The van der Waals surface area contributed by atoms with Crippen LogP contribution in [0.4, 0.5) is 13.2 Å². The fourth-order valence-corrected chi connectivity index (χ4v) is 7.07. The summed E-state index contributed by atoms with van der Waals surface area (Å²) in [5, 5.41) is 9.46. The van der Waals surface area contributed by atoms with E-state index < -0.39 is 47.0 Å². The van der Waals surface area contributed by atoms with Gasteiger partial charge in [0.15, 0.2) is 0 Å². The van der Waals surface area contributed by atoms with E-state index in [4.69, 9.17) is 14.5 Å². The Hall–Kier alpha value is -2.62. The number of nitrogens with one attached hydrogen (secondary N) is 1. The molecule has 0 saturated carbocycles. The van der Waals surface area contributed by atoms with Crippen LogP contribution in [0.15, 0.2) is 46.7 Å². The maximum absolute atomic E-state index is 13.1. The van der Waals surface area contributed by atoms with Crippen LogP contribution < -0.4 is 14.0 Å². The highest BCUT2D eigenvalue weighted by molar-refractivity contribution is 7.92. The highest BCUT2D eigenvalue weighted by Gasteiger charge is 2.35. The Morgan fingerprint density at radius 3 is 2.53 bits per heavy atom. The summed E-state index contributed by atoms with van der Waals surface area (Å²) < 4.78 is 90.0. The summed E-state index contributed by atoms with van der Waals surface area (Å²) in [6.45, 7) is 2.61. The van der Waals surface area contributed by atoms with Gasteiger partial charge >= 0.3 is 13.8 Å². The van der Waals surface area contributed by atoms with Crippen LogP contribution in [0.2, 0.25) is 0 Å². The number of rotatable bonds is 11. The zero-order valence-corrected chi connectivity index (χ0v) is 21.4. The summed E-state index contributed by atoms with van der Waals surface area (Å²) in [6, 6.07) is 10.0. The average molecular weight is 563 g/mol. The van der Waals surface area contributed by atoms with Crippen LogP contribution in [0.25, 0.3) is 10.1 Å². The molecule has 1 heterocycles. The van der Waals surface area contributed by atoms with Crippen molar-refractivity contribution in [3.63, 3.8) is 0 Å². The van der Waals surface area contributed by atoms with Crippen molar-refractivity contribution in [3.8, 4) is 17.6 Å². The molecule has 3 aromatic rings. The fourth-order valence-electron chi connectivity index (χ4n) is 3.10. The molecule has 1 atom stereocenters. The fraction of sp³-hybridized carbons (Fsp3) is 0.318. The van der Waals surface area contributed by atoms with E-state index in [1.165, 1.54) is 12.1 Å². The van der Waals surface area contributed by atoms with Gasteiger partial charge in [0.2, 0.25) is 0 Å². The molecule has 14 heteroatoms. The SMILES string of the molecule is CCCCCOc1ccc2cc(S(=O)(=O)NCP(=O)(O)Oc3ccc(C#N)c(C(F)(F)F)c3)sc2c1. The lowest BCUT2D eigenvalue weighted by Gasteiger charge is -2.16. The first-order valence-corrected chi connectivity index (χ1v) is 14.7. The highest BCUT2D eigenvalue weighted by Crippen LogP contribution is 2.44. The summed E-state index contributed by atoms with van der Waals surface area (Å²) in [4.78, 5) is 10.0. The molecule has 0 radical (unpaired) electrons. The Kier molecular flexibility index (Phi) is 8.69. The lowest BCUT2D eigenvalue weighted by atomic mass is 10.1. The predicted octanol–water partition coefficient (Wildman–Crippen LogP) is 5.86. The monoisotopic (exact) mass is 562 g/mol. The van der Waals surface area contributed by atoms with Crippen molar-refractivity contribution >= 4 is 39.0 Å². The van der Waals surface area contributed by atoms with Crippen molar-refractivity contribution in [1.82, 2.24) is 4.72 Å². The molecule has 0 amide bonds. The molecule has 2 aromatic carbocycles. The Balaban J connectivity index is 1.70. The van der Waals surface area contributed by atoms with Crippen LogP contribution in [0.5, 0.6) is 11.5 Å². The normalized spacial score (nSPS) is 13.8. The van der Waals surface area contributed by atoms with Crippen molar-refractivity contribution < 1.29 is 40.3 Å². The van der Waals surface area contributed by atoms with Crippen LogP contribution >= 0.6 is 18.9 Å². The van der Waals surface area contributed by atoms with Crippen LogP contribution in [0.1, 0.15) is 37.3 Å². The van der Waals surface area contributed by atoms with Gasteiger partial charge in [-0.25, -0.2) is 13.0 Å². The van der Waals surface area contributed by atoms with Gasteiger partial charge in [-0.3, -0.25) is 0 Å². The predicted molar refractivity (Wildman–Crippen MR) is 129 cm³/mol. The summed E-state index contributed by atoms with van der Waals surface area (Å²) in [7, 11) is -8.98. The number of hydrogen-bond acceptors (Lipinski definition) is 7. The zero-order chi connectivity index (χ0) is 26.6. The topological polar surface area (TPSA) is 126 Å². The molecule has 1 aromatic heterocycles. The maximum Gasteiger partial charge on any atom is 0.417 e. The first kappa shape index (κ1) is 28.0. The van der Waals surface area contributed by atoms with Gasteiger partial charge in [-0.15, -0.1) is 11.3 Å². The quantitative estimate of drug-likeness (QED) is 0.221. The second-order valence-corrected chi connectivity index (χ2v) is 12.5. The van der Waals surface area contributed by atoms with Crippen LogP contribution in [0, 0.1) is 11.3 Å². The lowest BCUT2D eigenvalue weighted by molar-refractivity contribution is -0.137. The molecule has 0 aliphatic rings. The zero-order valence-electron chi connectivity index (χ0n) is 18.9. The molecule has 8 nitrogen and oxygen atoms in total. The molecule has 1 unspecified atom stereocenters. The molecule has 0 aliphatic heterocycles. The molecule has 3 rings (SSSR count). The number of nitrogens with zero attached hydrogens (tertiary/aromatic N) is 1. The average Bonchev–Trinajstić information content (AvgIpc) is 3.24. The van der Waals surface area contributed by atoms with Gasteiger partial charge in [0.1, 0.15) is 22.0 Å². The molecule has 0 saturated heterocycles. The van der Waals surface area contributed by atoms with E-state index in [2.05, 4.69) is 6.92 Å². The van der Waals surface area contributed by atoms with Crippen molar-refractivity contribution in [2.24, 2.45) is 0 Å². The molecular weight excluding hydrogens is 540 g/mol. The van der Waals surface area contributed by atoms with E-state index in [0.29, 0.717) is 28.5 Å². The molecule has 0 aliphatic carbocycles. The summed E-state index contributed by atoms with van der Waals surface area (Å²) in [6.07, 6.45) is -3.01. The van der Waals surface area contributed by atoms with Crippen molar-refractivity contribution in [1.29, 1.82) is 5.26 Å². The third-order valence-electron chi connectivity index (χ3n) is 4.87. The van der Waals surface area contributed by atoms with E-state index in [1.807, 2.05) is 4.72 Å². The van der Waals surface area contributed by atoms with Crippen molar-refractivity contribution in [3.05, 3.63) is 53.6 Å². The van der Waals surface area contributed by atoms with Crippen molar-refractivity contribution in [2.75, 3.05) is 12.9 Å². The van der Waals surface area contributed by atoms with Gasteiger partial charge < -0.3 is 14.2 Å². The number of benzene rings is 2. The number of hydrogen-bond donors (Lipinski definition) is 2. The van der Waals surface area contributed by atoms with Gasteiger partial charge in [0, 0.05) is 4.70 Å². The second kappa shape index (κ2) is 11.2. The Bertz CT molecular complexity index is 1430. The van der Waals surface area contributed by atoms with E-state index in [1.54, 1.807) is 18.2 Å². The number of nitriles is 1. The Morgan fingerprint density at radius 2 is 1.86 bits per heavy atom. The lowest BCUT2D eigenvalue weighted by Crippen LogP contribution is -2.25. The number of sulfonamides is 1. The first-order chi connectivity index (χ1) is 16.8. The smallest absolute Gasteiger partial charge is 0.417 e. The maximum atomic E-state index is 13.1. The first-order valence-electron chi connectivity index (χ1n) is 10.6. The Labute approximate surface area is 209 Å².